The molecule has 1 unspecified atom stereocenters. The Morgan fingerprint density at radius 3 is 2.53 bits per heavy atom. The molecule has 1 aromatic carbocycles. The highest BCUT2D eigenvalue weighted by molar-refractivity contribution is 5.71. The highest BCUT2D eigenvalue weighted by Crippen LogP contribution is 2.30. The highest BCUT2D eigenvalue weighted by atomic mass is 15.2. The number of hydrogen-bond acceptors (Lipinski definition) is 3. The number of benzene rings is 1. The number of nitrogens with one attached hydrogen (secondary N) is 1. The molecule has 106 valence electrons. The third kappa shape index (κ3) is 3.21. The molecular weight excluding hydrogens is 234 g/mol. The van der Waals surface area contributed by atoms with Crippen LogP contribution in [0.25, 0.3) is 0 Å². The average molecular weight is 261 g/mol. The van der Waals surface area contributed by atoms with Crippen LogP contribution in [-0.4, -0.2) is 39.8 Å². The van der Waals surface area contributed by atoms with E-state index in [2.05, 4.69) is 74.2 Å². The van der Waals surface area contributed by atoms with Gasteiger partial charge < -0.3 is 15.1 Å². The molecule has 1 aliphatic heterocycles. The molecule has 1 atom stereocenters. The van der Waals surface area contributed by atoms with Crippen LogP contribution in [0.2, 0.25) is 0 Å². The predicted molar refractivity (Wildman–Crippen MR) is 84.2 cm³/mol. The van der Waals surface area contributed by atoms with Gasteiger partial charge in [0, 0.05) is 39.8 Å². The first-order valence-electron chi connectivity index (χ1n) is 7.14. The molecular formula is C16H27N3. The summed E-state index contributed by atoms with van der Waals surface area (Å²) in [7, 11) is 4.23. The van der Waals surface area contributed by atoms with Crippen molar-refractivity contribution in [3.63, 3.8) is 0 Å². The molecule has 0 aliphatic carbocycles. The Morgan fingerprint density at radius 2 is 1.89 bits per heavy atom. The van der Waals surface area contributed by atoms with Crippen LogP contribution < -0.4 is 15.1 Å². The molecule has 1 fully saturated rings. The molecule has 1 heterocycles. The molecule has 3 nitrogen and oxygen atoms in total. The lowest BCUT2D eigenvalue weighted by atomic mass is 9.85. The zero-order valence-corrected chi connectivity index (χ0v) is 12.9. The second-order valence-corrected chi connectivity index (χ2v) is 6.70. The molecule has 0 spiro atoms. The molecule has 19 heavy (non-hydrogen) atoms. The first-order valence-corrected chi connectivity index (χ1v) is 7.14. The largest absolute Gasteiger partial charge is 0.376 e. The average Bonchev–Trinajstić information content (AvgIpc) is 2.38. The fraction of sp³-hybridized carbons (Fsp3) is 0.625. The summed E-state index contributed by atoms with van der Waals surface area (Å²) in [6, 6.07) is 9.22. The van der Waals surface area contributed by atoms with E-state index in [1.807, 2.05) is 0 Å². The maximum Gasteiger partial charge on any atom is 0.0604 e. The minimum absolute atomic E-state index is 0.297. The van der Waals surface area contributed by atoms with Gasteiger partial charge >= 0.3 is 0 Å². The van der Waals surface area contributed by atoms with Gasteiger partial charge in [0.2, 0.25) is 0 Å². The number of hydrogen-bond donors (Lipinski definition) is 1. The lowest BCUT2D eigenvalue weighted by molar-refractivity contribution is 0.254. The lowest BCUT2D eigenvalue weighted by Crippen LogP contribution is -2.56. The molecule has 0 amide bonds. The molecule has 0 aromatic heterocycles. The summed E-state index contributed by atoms with van der Waals surface area (Å²) in [5.74, 6) is 0. The van der Waals surface area contributed by atoms with E-state index in [-0.39, 0.29) is 0 Å². The van der Waals surface area contributed by atoms with E-state index in [1.165, 1.54) is 11.4 Å². The van der Waals surface area contributed by atoms with Crippen LogP contribution in [0.1, 0.15) is 20.8 Å². The second-order valence-electron chi connectivity index (χ2n) is 6.70. The van der Waals surface area contributed by atoms with Gasteiger partial charge in [-0.1, -0.05) is 32.9 Å². The minimum Gasteiger partial charge on any atom is -0.376 e. The van der Waals surface area contributed by atoms with Crippen LogP contribution >= 0.6 is 0 Å². The van der Waals surface area contributed by atoms with E-state index < -0.39 is 0 Å². The van der Waals surface area contributed by atoms with Gasteiger partial charge in [-0.3, -0.25) is 0 Å². The van der Waals surface area contributed by atoms with Crippen LogP contribution in [0.3, 0.4) is 0 Å². The van der Waals surface area contributed by atoms with Crippen LogP contribution in [0.4, 0.5) is 11.4 Å². The number of piperazine rings is 1. The van der Waals surface area contributed by atoms with Crippen molar-refractivity contribution in [2.24, 2.45) is 5.41 Å². The molecule has 1 aliphatic rings. The molecule has 1 N–H and O–H groups in total. The Kier molecular flexibility index (Phi) is 4.04. The van der Waals surface area contributed by atoms with E-state index in [0.29, 0.717) is 11.5 Å². The summed E-state index contributed by atoms with van der Waals surface area (Å²) < 4.78 is 0. The van der Waals surface area contributed by atoms with Crippen LogP contribution in [0.15, 0.2) is 24.3 Å². The summed E-state index contributed by atoms with van der Waals surface area (Å²) in [5.41, 5.74) is 2.95. The summed E-state index contributed by atoms with van der Waals surface area (Å²) >= 11 is 0. The van der Waals surface area contributed by atoms with Gasteiger partial charge in [0.15, 0.2) is 0 Å². The van der Waals surface area contributed by atoms with Gasteiger partial charge in [0.25, 0.3) is 0 Å². The minimum atomic E-state index is 0.297. The maximum atomic E-state index is 3.65. The standard InChI is InChI=1S/C16H27N3/c1-16(2,3)15-12-19(11-10-17-15)14-9-7-6-8-13(14)18(4)5/h6-9,15,17H,10-12H2,1-5H3. The smallest absolute Gasteiger partial charge is 0.0604 e. The maximum absolute atomic E-state index is 3.65. The van der Waals surface area contributed by atoms with Crippen molar-refractivity contribution in [2.75, 3.05) is 43.5 Å². The Morgan fingerprint density at radius 1 is 1.21 bits per heavy atom. The van der Waals surface area contributed by atoms with E-state index in [1.54, 1.807) is 0 Å². The van der Waals surface area contributed by atoms with Gasteiger partial charge in [-0.15, -0.1) is 0 Å². The van der Waals surface area contributed by atoms with Crippen molar-refractivity contribution in [3.8, 4) is 0 Å². The van der Waals surface area contributed by atoms with Crippen LogP contribution in [-0.2, 0) is 0 Å². The number of para-hydroxylation sites is 2. The highest BCUT2D eigenvalue weighted by Gasteiger charge is 2.30. The number of nitrogens with zero attached hydrogens (tertiary/aromatic N) is 2. The molecule has 0 bridgehead atoms. The Bertz CT molecular complexity index is 420. The van der Waals surface area contributed by atoms with Crippen molar-refractivity contribution >= 4 is 11.4 Å². The van der Waals surface area contributed by atoms with Crippen molar-refractivity contribution in [3.05, 3.63) is 24.3 Å². The fourth-order valence-electron chi connectivity index (χ4n) is 2.66. The van der Waals surface area contributed by atoms with Crippen molar-refractivity contribution in [1.29, 1.82) is 0 Å². The SMILES string of the molecule is CN(C)c1ccccc1N1CCNC(C(C)(C)C)C1. The normalized spacial score (nSPS) is 20.5. The Hall–Kier alpha value is -1.22. The first kappa shape index (κ1) is 14.2. The topological polar surface area (TPSA) is 18.5 Å². The molecule has 1 aromatic rings. The number of rotatable bonds is 2. The summed E-state index contributed by atoms with van der Waals surface area (Å²) in [5, 5.41) is 3.65. The molecule has 0 radical (unpaired) electrons. The van der Waals surface area contributed by atoms with Gasteiger partial charge in [-0.25, -0.2) is 0 Å². The van der Waals surface area contributed by atoms with E-state index in [9.17, 15) is 0 Å². The predicted octanol–water partition coefficient (Wildman–Crippen LogP) is 2.58. The summed E-state index contributed by atoms with van der Waals surface area (Å²) in [6.07, 6.45) is 0. The summed E-state index contributed by atoms with van der Waals surface area (Å²) in [4.78, 5) is 4.71. The third-order valence-electron chi connectivity index (χ3n) is 3.93. The van der Waals surface area contributed by atoms with Crippen LogP contribution in [0, 0.1) is 5.41 Å². The van der Waals surface area contributed by atoms with E-state index >= 15 is 0 Å². The Labute approximate surface area is 117 Å². The first-order chi connectivity index (χ1) is 8.89. The second kappa shape index (κ2) is 5.41. The van der Waals surface area contributed by atoms with Gasteiger partial charge in [0.05, 0.1) is 11.4 Å². The zero-order chi connectivity index (χ0) is 14.0. The fourth-order valence-corrected chi connectivity index (χ4v) is 2.66. The zero-order valence-electron chi connectivity index (χ0n) is 12.9. The Balaban J connectivity index is 2.22. The molecule has 1 saturated heterocycles. The van der Waals surface area contributed by atoms with Crippen molar-refractivity contribution in [1.82, 2.24) is 5.32 Å². The molecule has 3 heteroatoms. The number of anilines is 2. The van der Waals surface area contributed by atoms with Gasteiger partial charge in [-0.05, 0) is 17.5 Å². The summed E-state index contributed by atoms with van der Waals surface area (Å²) in [6.45, 7) is 10.2. The monoisotopic (exact) mass is 261 g/mol. The van der Waals surface area contributed by atoms with E-state index in [0.717, 1.165) is 19.6 Å². The van der Waals surface area contributed by atoms with Crippen LogP contribution in [0.5, 0.6) is 0 Å². The molecule has 0 saturated carbocycles. The van der Waals surface area contributed by atoms with Gasteiger partial charge in [-0.2, -0.15) is 0 Å². The van der Waals surface area contributed by atoms with Crippen molar-refractivity contribution in [2.45, 2.75) is 26.8 Å². The lowest BCUT2D eigenvalue weighted by Gasteiger charge is -2.42. The third-order valence-corrected chi connectivity index (χ3v) is 3.93. The van der Waals surface area contributed by atoms with Crippen molar-refractivity contribution < 1.29 is 0 Å². The van der Waals surface area contributed by atoms with E-state index in [4.69, 9.17) is 0 Å². The quantitative estimate of drug-likeness (QED) is 0.883. The van der Waals surface area contributed by atoms with Gasteiger partial charge in [0.1, 0.15) is 0 Å². The molecule has 2 rings (SSSR count).